The molecule has 0 aromatic heterocycles. The minimum atomic E-state index is 0.117. The molecule has 0 spiro atoms. The molecule has 1 aromatic carbocycles. The highest BCUT2D eigenvalue weighted by Gasteiger charge is 2.16. The van der Waals surface area contributed by atoms with E-state index in [-0.39, 0.29) is 11.6 Å². The zero-order valence-corrected chi connectivity index (χ0v) is 15.3. The maximum atomic E-state index is 6.11. The third-order valence-electron chi connectivity index (χ3n) is 2.66. The second kappa shape index (κ2) is 7.65. The standard InChI is InChI=1S/C15H23Br2NO/c1-5-6-12(10-18-15(2,3)4)19-14-8-7-11(16)9-13(14)17/h7-9,12,18H,5-6,10H2,1-4H3. The van der Waals surface area contributed by atoms with Crippen molar-refractivity contribution in [3.8, 4) is 5.75 Å². The van der Waals surface area contributed by atoms with Crippen LogP contribution >= 0.6 is 31.9 Å². The number of hydrogen-bond acceptors (Lipinski definition) is 2. The van der Waals surface area contributed by atoms with Crippen LogP contribution in [0.1, 0.15) is 40.5 Å². The van der Waals surface area contributed by atoms with Gasteiger partial charge in [-0.15, -0.1) is 0 Å². The molecular weight excluding hydrogens is 370 g/mol. The fraction of sp³-hybridized carbons (Fsp3) is 0.600. The van der Waals surface area contributed by atoms with Gasteiger partial charge in [0.25, 0.3) is 0 Å². The van der Waals surface area contributed by atoms with Gasteiger partial charge in [0.15, 0.2) is 0 Å². The number of ether oxygens (including phenoxy) is 1. The number of hydrogen-bond donors (Lipinski definition) is 1. The second-order valence-corrected chi connectivity index (χ2v) is 7.50. The van der Waals surface area contributed by atoms with Crippen LogP contribution in [0.15, 0.2) is 27.1 Å². The Kier molecular flexibility index (Phi) is 6.84. The molecule has 19 heavy (non-hydrogen) atoms. The minimum Gasteiger partial charge on any atom is -0.488 e. The summed E-state index contributed by atoms with van der Waals surface area (Å²) in [5.74, 6) is 0.900. The molecule has 1 rings (SSSR count). The molecule has 1 unspecified atom stereocenters. The Bertz CT molecular complexity index is 402. The maximum absolute atomic E-state index is 6.11. The van der Waals surface area contributed by atoms with Gasteiger partial charge in [-0.3, -0.25) is 0 Å². The van der Waals surface area contributed by atoms with Gasteiger partial charge in [-0.25, -0.2) is 0 Å². The molecule has 108 valence electrons. The molecule has 0 saturated carbocycles. The first kappa shape index (κ1) is 17.0. The molecule has 0 aliphatic heterocycles. The molecule has 0 aliphatic rings. The highest BCUT2D eigenvalue weighted by atomic mass is 79.9. The van der Waals surface area contributed by atoms with E-state index in [4.69, 9.17) is 4.74 Å². The van der Waals surface area contributed by atoms with Crippen molar-refractivity contribution in [2.45, 2.75) is 52.2 Å². The fourth-order valence-corrected chi connectivity index (χ4v) is 2.84. The summed E-state index contributed by atoms with van der Waals surface area (Å²) in [5.41, 5.74) is 0.117. The molecule has 1 aromatic rings. The van der Waals surface area contributed by atoms with Crippen molar-refractivity contribution < 1.29 is 4.74 Å². The van der Waals surface area contributed by atoms with E-state index in [1.54, 1.807) is 0 Å². The fourth-order valence-electron chi connectivity index (χ4n) is 1.69. The van der Waals surface area contributed by atoms with Gasteiger partial charge in [-0.05, 0) is 61.3 Å². The van der Waals surface area contributed by atoms with E-state index in [1.807, 2.05) is 18.2 Å². The van der Waals surface area contributed by atoms with Crippen LogP contribution in [-0.2, 0) is 0 Å². The zero-order chi connectivity index (χ0) is 14.5. The smallest absolute Gasteiger partial charge is 0.134 e. The predicted octanol–water partition coefficient (Wildman–Crippen LogP) is 5.15. The van der Waals surface area contributed by atoms with Gasteiger partial charge >= 0.3 is 0 Å². The van der Waals surface area contributed by atoms with E-state index >= 15 is 0 Å². The monoisotopic (exact) mass is 391 g/mol. The Morgan fingerprint density at radius 2 is 1.95 bits per heavy atom. The SMILES string of the molecule is CCCC(CNC(C)(C)C)Oc1ccc(Br)cc1Br. The highest BCUT2D eigenvalue weighted by molar-refractivity contribution is 9.11. The first-order valence-electron chi connectivity index (χ1n) is 6.68. The van der Waals surface area contributed by atoms with Crippen LogP contribution in [0, 0.1) is 0 Å². The molecule has 1 N–H and O–H groups in total. The van der Waals surface area contributed by atoms with Gasteiger partial charge in [-0.2, -0.15) is 0 Å². The van der Waals surface area contributed by atoms with Crippen molar-refractivity contribution in [2.75, 3.05) is 6.54 Å². The normalized spacial score (nSPS) is 13.4. The van der Waals surface area contributed by atoms with E-state index in [0.717, 1.165) is 34.1 Å². The Balaban J connectivity index is 2.67. The van der Waals surface area contributed by atoms with E-state index in [1.165, 1.54) is 0 Å². The first-order valence-corrected chi connectivity index (χ1v) is 8.27. The van der Waals surface area contributed by atoms with E-state index in [9.17, 15) is 0 Å². The Morgan fingerprint density at radius 3 is 2.47 bits per heavy atom. The molecule has 0 bridgehead atoms. The first-order chi connectivity index (χ1) is 8.81. The van der Waals surface area contributed by atoms with Gasteiger partial charge < -0.3 is 10.1 Å². The summed E-state index contributed by atoms with van der Waals surface area (Å²) >= 11 is 6.99. The van der Waals surface area contributed by atoms with E-state index in [2.05, 4.69) is 64.9 Å². The van der Waals surface area contributed by atoms with Gasteiger partial charge in [-0.1, -0.05) is 29.3 Å². The largest absolute Gasteiger partial charge is 0.488 e. The average molecular weight is 393 g/mol. The van der Waals surface area contributed by atoms with Gasteiger partial charge in [0.2, 0.25) is 0 Å². The molecule has 0 saturated heterocycles. The van der Waals surface area contributed by atoms with Crippen LogP contribution in [0.25, 0.3) is 0 Å². The van der Waals surface area contributed by atoms with Gasteiger partial charge in [0.05, 0.1) is 4.47 Å². The summed E-state index contributed by atoms with van der Waals surface area (Å²) in [6.45, 7) is 9.56. The van der Waals surface area contributed by atoms with Gasteiger partial charge in [0, 0.05) is 16.6 Å². The van der Waals surface area contributed by atoms with Crippen LogP contribution in [-0.4, -0.2) is 18.2 Å². The van der Waals surface area contributed by atoms with Crippen LogP contribution < -0.4 is 10.1 Å². The summed E-state index contributed by atoms with van der Waals surface area (Å²) in [6.07, 6.45) is 2.36. The number of benzene rings is 1. The zero-order valence-electron chi connectivity index (χ0n) is 12.1. The molecule has 0 radical (unpaired) electrons. The Labute approximate surface area is 133 Å². The van der Waals surface area contributed by atoms with Crippen molar-refractivity contribution >= 4 is 31.9 Å². The number of rotatable bonds is 6. The lowest BCUT2D eigenvalue weighted by Crippen LogP contribution is -2.42. The van der Waals surface area contributed by atoms with Crippen LogP contribution in [0.5, 0.6) is 5.75 Å². The lowest BCUT2D eigenvalue weighted by Gasteiger charge is -2.26. The third kappa shape index (κ3) is 6.77. The van der Waals surface area contributed by atoms with Crippen molar-refractivity contribution in [1.29, 1.82) is 0 Å². The molecule has 2 nitrogen and oxygen atoms in total. The summed E-state index contributed by atoms with van der Waals surface area (Å²) in [5, 5.41) is 3.51. The van der Waals surface area contributed by atoms with Crippen LogP contribution in [0.2, 0.25) is 0 Å². The molecule has 1 atom stereocenters. The molecule has 0 amide bonds. The van der Waals surface area contributed by atoms with Crippen LogP contribution in [0.4, 0.5) is 0 Å². The molecular formula is C15H23Br2NO. The van der Waals surface area contributed by atoms with Crippen molar-refractivity contribution in [2.24, 2.45) is 0 Å². The lowest BCUT2D eigenvalue weighted by atomic mass is 10.1. The Morgan fingerprint density at radius 1 is 1.26 bits per heavy atom. The predicted molar refractivity (Wildman–Crippen MR) is 88.9 cm³/mol. The quantitative estimate of drug-likeness (QED) is 0.722. The Hall–Kier alpha value is -0.0600. The van der Waals surface area contributed by atoms with Crippen molar-refractivity contribution in [3.63, 3.8) is 0 Å². The topological polar surface area (TPSA) is 21.3 Å². The van der Waals surface area contributed by atoms with Gasteiger partial charge in [0.1, 0.15) is 11.9 Å². The summed E-state index contributed by atoms with van der Waals surface area (Å²) in [7, 11) is 0. The second-order valence-electron chi connectivity index (χ2n) is 5.73. The number of nitrogens with one attached hydrogen (secondary N) is 1. The summed E-state index contributed by atoms with van der Waals surface area (Å²) in [4.78, 5) is 0. The highest BCUT2D eigenvalue weighted by Crippen LogP contribution is 2.29. The third-order valence-corrected chi connectivity index (χ3v) is 3.77. The summed E-state index contributed by atoms with van der Waals surface area (Å²) in [6, 6.07) is 6.00. The maximum Gasteiger partial charge on any atom is 0.134 e. The van der Waals surface area contributed by atoms with Crippen molar-refractivity contribution in [1.82, 2.24) is 5.32 Å². The van der Waals surface area contributed by atoms with Crippen molar-refractivity contribution in [3.05, 3.63) is 27.1 Å². The van der Waals surface area contributed by atoms with E-state index < -0.39 is 0 Å². The molecule has 0 fully saturated rings. The van der Waals surface area contributed by atoms with Crippen LogP contribution in [0.3, 0.4) is 0 Å². The molecule has 4 heteroatoms. The van der Waals surface area contributed by atoms with E-state index in [0.29, 0.717) is 0 Å². The average Bonchev–Trinajstić information content (AvgIpc) is 2.28. The number of halogens is 2. The molecule has 0 heterocycles. The minimum absolute atomic E-state index is 0.117. The lowest BCUT2D eigenvalue weighted by molar-refractivity contribution is 0.174. The molecule has 0 aliphatic carbocycles. The summed E-state index contributed by atoms with van der Waals surface area (Å²) < 4.78 is 8.14.